The average Bonchev–Trinajstić information content (AvgIpc) is 2.42. The molecular formula is C12H7FN4O2. The van der Waals surface area contributed by atoms with E-state index in [-0.39, 0.29) is 17.3 Å². The number of benzene rings is 1. The van der Waals surface area contributed by atoms with Crippen molar-refractivity contribution in [1.82, 2.24) is 9.97 Å². The smallest absolute Gasteiger partial charge is 0.374 e. The molecule has 94 valence electrons. The Morgan fingerprint density at radius 3 is 2.79 bits per heavy atom. The van der Waals surface area contributed by atoms with E-state index in [9.17, 15) is 9.18 Å². The number of hydrogen-bond donors (Lipinski definition) is 1. The lowest BCUT2D eigenvalue weighted by Gasteiger charge is -2.05. The van der Waals surface area contributed by atoms with Gasteiger partial charge in [0.1, 0.15) is 11.9 Å². The van der Waals surface area contributed by atoms with E-state index in [4.69, 9.17) is 10.00 Å². The van der Waals surface area contributed by atoms with Crippen LogP contribution in [0.1, 0.15) is 5.56 Å². The van der Waals surface area contributed by atoms with Gasteiger partial charge in [0, 0.05) is 18.1 Å². The second kappa shape index (κ2) is 5.55. The summed E-state index contributed by atoms with van der Waals surface area (Å²) in [5, 5.41) is 11.0. The summed E-state index contributed by atoms with van der Waals surface area (Å²) in [6, 6.07) is 6.71. The van der Waals surface area contributed by atoms with Gasteiger partial charge in [-0.15, -0.1) is 0 Å². The van der Waals surface area contributed by atoms with Crippen molar-refractivity contribution in [2.75, 3.05) is 5.32 Å². The number of anilines is 1. The van der Waals surface area contributed by atoms with Crippen LogP contribution in [-0.4, -0.2) is 16.1 Å². The normalized spacial score (nSPS) is 9.47. The van der Waals surface area contributed by atoms with Gasteiger partial charge in [0.2, 0.25) is 0 Å². The Morgan fingerprint density at radius 1 is 1.37 bits per heavy atom. The fourth-order valence-corrected chi connectivity index (χ4v) is 1.25. The number of amides is 1. The average molecular weight is 258 g/mol. The highest BCUT2D eigenvalue weighted by molar-refractivity contribution is 5.86. The summed E-state index contributed by atoms with van der Waals surface area (Å²) < 4.78 is 17.8. The Kier molecular flexibility index (Phi) is 3.64. The summed E-state index contributed by atoms with van der Waals surface area (Å²) in [7, 11) is 0. The first kappa shape index (κ1) is 12.4. The lowest BCUT2D eigenvalue weighted by molar-refractivity contribution is 0.211. The molecule has 7 heteroatoms. The van der Waals surface area contributed by atoms with E-state index in [1.54, 1.807) is 12.1 Å². The Labute approximate surface area is 107 Å². The summed E-state index contributed by atoms with van der Waals surface area (Å²) in [5.41, 5.74) is 0.0626. The van der Waals surface area contributed by atoms with Crippen LogP contribution in [0.15, 0.2) is 36.7 Å². The van der Waals surface area contributed by atoms with Crippen LogP contribution in [0.2, 0.25) is 0 Å². The van der Waals surface area contributed by atoms with Crippen LogP contribution in [0.25, 0.3) is 0 Å². The summed E-state index contributed by atoms with van der Waals surface area (Å²) in [6.45, 7) is 0. The minimum Gasteiger partial charge on any atom is -0.374 e. The second-order valence-electron chi connectivity index (χ2n) is 3.35. The third-order valence-electron chi connectivity index (χ3n) is 2.06. The summed E-state index contributed by atoms with van der Waals surface area (Å²) in [4.78, 5) is 18.9. The van der Waals surface area contributed by atoms with E-state index >= 15 is 0 Å². The Balaban J connectivity index is 2.06. The first-order valence-electron chi connectivity index (χ1n) is 5.14. The van der Waals surface area contributed by atoms with Gasteiger partial charge in [-0.25, -0.2) is 19.2 Å². The molecule has 2 aromatic rings. The van der Waals surface area contributed by atoms with Gasteiger partial charge in [-0.1, -0.05) is 0 Å². The van der Waals surface area contributed by atoms with Gasteiger partial charge in [-0.05, 0) is 24.3 Å². The highest BCUT2D eigenvalue weighted by atomic mass is 19.1. The molecule has 19 heavy (non-hydrogen) atoms. The number of nitriles is 1. The molecule has 0 saturated carbocycles. The molecule has 0 bridgehead atoms. The molecule has 1 amide bonds. The number of rotatable bonds is 2. The van der Waals surface area contributed by atoms with Crippen molar-refractivity contribution >= 4 is 11.8 Å². The second-order valence-corrected chi connectivity index (χ2v) is 3.35. The topological polar surface area (TPSA) is 87.9 Å². The zero-order valence-corrected chi connectivity index (χ0v) is 9.50. The number of aromatic nitrogens is 2. The highest BCUT2D eigenvalue weighted by Gasteiger charge is 2.08. The molecule has 0 aliphatic carbocycles. The van der Waals surface area contributed by atoms with Gasteiger partial charge in [-0.2, -0.15) is 5.26 Å². The van der Waals surface area contributed by atoms with Gasteiger partial charge in [0.05, 0.1) is 5.56 Å². The van der Waals surface area contributed by atoms with Gasteiger partial charge in [-0.3, -0.25) is 5.32 Å². The van der Waals surface area contributed by atoms with Crippen molar-refractivity contribution in [3.8, 4) is 12.1 Å². The molecule has 1 aromatic heterocycles. The van der Waals surface area contributed by atoms with Crippen LogP contribution in [0, 0.1) is 17.1 Å². The fraction of sp³-hybridized carbons (Fsp3) is 0. The largest absolute Gasteiger partial charge is 0.419 e. The van der Waals surface area contributed by atoms with Gasteiger partial charge < -0.3 is 4.74 Å². The van der Waals surface area contributed by atoms with Gasteiger partial charge in [0.15, 0.2) is 0 Å². The van der Waals surface area contributed by atoms with Crippen molar-refractivity contribution in [3.63, 3.8) is 0 Å². The molecule has 0 atom stereocenters. The van der Waals surface area contributed by atoms with E-state index in [2.05, 4.69) is 15.3 Å². The molecule has 0 aliphatic rings. The van der Waals surface area contributed by atoms with Crippen LogP contribution in [-0.2, 0) is 0 Å². The standard InChI is InChI=1S/C12H7FN4O2/c13-10-3-2-9(6-8(10)7-14)17-12(18)19-11-15-4-1-5-16-11/h1-6H,(H,17,18). The number of ether oxygens (including phenoxy) is 1. The first-order valence-corrected chi connectivity index (χ1v) is 5.14. The van der Waals surface area contributed by atoms with Crippen LogP contribution in [0.3, 0.4) is 0 Å². The Bertz CT molecular complexity index is 640. The molecule has 1 aromatic carbocycles. The molecule has 6 nitrogen and oxygen atoms in total. The van der Waals surface area contributed by atoms with Crippen LogP contribution in [0.4, 0.5) is 14.9 Å². The third kappa shape index (κ3) is 3.23. The number of nitrogens with zero attached hydrogens (tertiary/aromatic N) is 3. The minimum atomic E-state index is -0.832. The van der Waals surface area contributed by atoms with Crippen LogP contribution < -0.4 is 10.1 Å². The van der Waals surface area contributed by atoms with Crippen molar-refractivity contribution in [2.24, 2.45) is 0 Å². The molecule has 0 fully saturated rings. The van der Waals surface area contributed by atoms with Crippen LogP contribution in [0.5, 0.6) is 6.01 Å². The van der Waals surface area contributed by atoms with Crippen LogP contribution >= 0.6 is 0 Å². The number of halogens is 1. The summed E-state index contributed by atoms with van der Waals surface area (Å²) in [5.74, 6) is -0.659. The number of carbonyl (C=O) groups excluding carboxylic acids is 1. The van der Waals surface area contributed by atoms with E-state index < -0.39 is 11.9 Å². The lowest BCUT2D eigenvalue weighted by Crippen LogP contribution is -2.18. The lowest BCUT2D eigenvalue weighted by atomic mass is 10.2. The number of nitrogens with one attached hydrogen (secondary N) is 1. The fourth-order valence-electron chi connectivity index (χ4n) is 1.25. The van der Waals surface area contributed by atoms with Crippen molar-refractivity contribution in [1.29, 1.82) is 5.26 Å². The molecule has 1 N–H and O–H groups in total. The SMILES string of the molecule is N#Cc1cc(NC(=O)Oc2ncccn2)ccc1F. The van der Waals surface area contributed by atoms with E-state index in [1.807, 2.05) is 0 Å². The molecule has 1 heterocycles. The van der Waals surface area contributed by atoms with Crippen molar-refractivity contribution in [2.45, 2.75) is 0 Å². The molecule has 0 spiro atoms. The maximum absolute atomic E-state index is 13.1. The third-order valence-corrected chi connectivity index (χ3v) is 2.06. The van der Waals surface area contributed by atoms with E-state index in [0.29, 0.717) is 0 Å². The number of carbonyl (C=O) groups is 1. The van der Waals surface area contributed by atoms with Gasteiger partial charge in [0.25, 0.3) is 0 Å². The van der Waals surface area contributed by atoms with Crippen molar-refractivity contribution < 1.29 is 13.9 Å². The Hall–Kier alpha value is -3.01. The van der Waals surface area contributed by atoms with Crippen molar-refractivity contribution in [3.05, 3.63) is 48.0 Å². The first-order chi connectivity index (χ1) is 9.19. The molecule has 0 saturated heterocycles. The number of hydrogen-bond acceptors (Lipinski definition) is 5. The monoisotopic (exact) mass is 258 g/mol. The minimum absolute atomic E-state index is 0.109. The van der Waals surface area contributed by atoms with E-state index in [0.717, 1.165) is 6.07 Å². The molecular weight excluding hydrogens is 251 g/mol. The maximum atomic E-state index is 13.1. The molecule has 0 radical (unpaired) electrons. The highest BCUT2D eigenvalue weighted by Crippen LogP contribution is 2.14. The zero-order chi connectivity index (χ0) is 13.7. The summed E-state index contributed by atoms with van der Waals surface area (Å²) >= 11 is 0. The molecule has 0 aliphatic heterocycles. The predicted molar refractivity (Wildman–Crippen MR) is 62.8 cm³/mol. The zero-order valence-electron chi connectivity index (χ0n) is 9.50. The van der Waals surface area contributed by atoms with Gasteiger partial charge >= 0.3 is 12.1 Å². The Morgan fingerprint density at radius 2 is 2.11 bits per heavy atom. The molecule has 2 rings (SSSR count). The quantitative estimate of drug-likeness (QED) is 0.891. The predicted octanol–water partition coefficient (Wildman–Crippen LogP) is 2.10. The molecule has 0 unspecified atom stereocenters. The summed E-state index contributed by atoms with van der Waals surface area (Å²) in [6.07, 6.45) is 2.00. The maximum Gasteiger partial charge on any atom is 0.419 e. The van der Waals surface area contributed by atoms with E-state index in [1.165, 1.54) is 24.5 Å².